The standard InChI is InChI=1S/C22H23N3O2S/c1-3-16-8-10-18(11-9-16)27-13-17(26)14-28-22-24-23-21-12-15(2)19-6-4-5-7-20(19)25(21)22/h4-12,17,26H,3,13-14H2,1-2H3. The molecule has 0 amide bonds. The zero-order valence-electron chi connectivity index (χ0n) is 16.0. The van der Waals surface area contributed by atoms with Gasteiger partial charge in [0.05, 0.1) is 11.6 Å². The van der Waals surface area contributed by atoms with Gasteiger partial charge in [-0.2, -0.15) is 0 Å². The molecule has 1 N–H and O–H groups in total. The lowest BCUT2D eigenvalue weighted by molar-refractivity contribution is 0.126. The fourth-order valence-corrected chi connectivity index (χ4v) is 4.06. The topological polar surface area (TPSA) is 59.7 Å². The monoisotopic (exact) mass is 393 g/mol. The predicted octanol–water partition coefficient (Wildman–Crippen LogP) is 4.29. The quantitative estimate of drug-likeness (QED) is 0.475. The third-order valence-corrected chi connectivity index (χ3v) is 5.83. The van der Waals surface area contributed by atoms with Crippen LogP contribution in [0.5, 0.6) is 5.75 Å². The first kappa shape index (κ1) is 18.8. The number of hydrogen-bond acceptors (Lipinski definition) is 5. The second-order valence-electron chi connectivity index (χ2n) is 6.79. The summed E-state index contributed by atoms with van der Waals surface area (Å²) in [7, 11) is 0. The van der Waals surface area contributed by atoms with Gasteiger partial charge in [0, 0.05) is 11.1 Å². The molecule has 0 saturated carbocycles. The van der Waals surface area contributed by atoms with Crippen LogP contribution in [0.15, 0.2) is 59.8 Å². The predicted molar refractivity (Wildman–Crippen MR) is 113 cm³/mol. The molecule has 0 bridgehead atoms. The van der Waals surface area contributed by atoms with Crippen LogP contribution in [0.4, 0.5) is 0 Å². The van der Waals surface area contributed by atoms with Crippen molar-refractivity contribution in [2.45, 2.75) is 31.5 Å². The molecular weight excluding hydrogens is 370 g/mol. The van der Waals surface area contributed by atoms with Crippen molar-refractivity contribution in [1.29, 1.82) is 0 Å². The summed E-state index contributed by atoms with van der Waals surface area (Å²) >= 11 is 1.49. The Labute approximate surface area is 168 Å². The van der Waals surface area contributed by atoms with Crippen LogP contribution < -0.4 is 4.74 Å². The fourth-order valence-electron chi connectivity index (χ4n) is 3.20. The molecule has 144 valence electrons. The second-order valence-corrected chi connectivity index (χ2v) is 7.78. The molecule has 5 nitrogen and oxygen atoms in total. The second kappa shape index (κ2) is 8.20. The van der Waals surface area contributed by atoms with E-state index in [0.29, 0.717) is 5.75 Å². The number of thioether (sulfide) groups is 1. The number of aliphatic hydroxyl groups excluding tert-OH is 1. The average molecular weight is 394 g/mol. The number of fused-ring (bicyclic) bond motifs is 3. The summed E-state index contributed by atoms with van der Waals surface area (Å²) in [6.07, 6.45) is 0.403. The lowest BCUT2D eigenvalue weighted by Gasteiger charge is -2.12. The van der Waals surface area contributed by atoms with E-state index in [4.69, 9.17) is 4.74 Å². The molecule has 28 heavy (non-hydrogen) atoms. The molecule has 2 aromatic carbocycles. The highest BCUT2D eigenvalue weighted by Gasteiger charge is 2.14. The minimum atomic E-state index is -0.597. The van der Waals surface area contributed by atoms with Crippen molar-refractivity contribution in [2.75, 3.05) is 12.4 Å². The molecule has 0 spiro atoms. The highest BCUT2D eigenvalue weighted by atomic mass is 32.2. The van der Waals surface area contributed by atoms with Gasteiger partial charge in [-0.3, -0.25) is 4.40 Å². The van der Waals surface area contributed by atoms with Gasteiger partial charge >= 0.3 is 0 Å². The molecule has 0 aliphatic carbocycles. The minimum Gasteiger partial charge on any atom is -0.491 e. The zero-order valence-corrected chi connectivity index (χ0v) is 16.8. The van der Waals surface area contributed by atoms with Crippen LogP contribution in [0.25, 0.3) is 16.6 Å². The summed E-state index contributed by atoms with van der Waals surface area (Å²) in [5, 5.41) is 20.9. The van der Waals surface area contributed by atoms with Gasteiger partial charge in [0.15, 0.2) is 10.8 Å². The van der Waals surface area contributed by atoms with Crippen molar-refractivity contribution in [3.05, 3.63) is 65.7 Å². The first-order valence-electron chi connectivity index (χ1n) is 9.42. The number of nitrogens with zero attached hydrogens (tertiary/aromatic N) is 3. The minimum absolute atomic E-state index is 0.245. The number of benzene rings is 2. The van der Waals surface area contributed by atoms with E-state index >= 15 is 0 Å². The Morgan fingerprint density at radius 2 is 1.89 bits per heavy atom. The maximum absolute atomic E-state index is 10.3. The summed E-state index contributed by atoms with van der Waals surface area (Å²) in [6, 6.07) is 18.2. The Morgan fingerprint density at radius 3 is 2.68 bits per heavy atom. The van der Waals surface area contributed by atoms with Crippen LogP contribution in [-0.2, 0) is 6.42 Å². The zero-order chi connectivity index (χ0) is 19.5. The Bertz CT molecular complexity index is 1090. The van der Waals surface area contributed by atoms with Crippen LogP contribution >= 0.6 is 11.8 Å². The molecule has 2 aromatic heterocycles. The molecule has 0 aliphatic rings. The SMILES string of the molecule is CCc1ccc(OCC(O)CSc2nnc3cc(C)c4ccccc4n23)cc1. The molecule has 0 radical (unpaired) electrons. The Kier molecular flexibility index (Phi) is 5.50. The van der Waals surface area contributed by atoms with Crippen molar-refractivity contribution in [1.82, 2.24) is 14.6 Å². The van der Waals surface area contributed by atoms with Crippen LogP contribution in [0, 0.1) is 6.92 Å². The molecule has 1 unspecified atom stereocenters. The Balaban J connectivity index is 1.44. The van der Waals surface area contributed by atoms with E-state index < -0.39 is 6.10 Å². The van der Waals surface area contributed by atoms with E-state index in [0.717, 1.165) is 28.5 Å². The highest BCUT2D eigenvalue weighted by Crippen LogP contribution is 2.26. The highest BCUT2D eigenvalue weighted by molar-refractivity contribution is 7.99. The van der Waals surface area contributed by atoms with E-state index in [9.17, 15) is 5.11 Å². The number of pyridine rings is 1. The van der Waals surface area contributed by atoms with E-state index in [2.05, 4.69) is 36.2 Å². The molecule has 1 atom stereocenters. The maximum atomic E-state index is 10.3. The lowest BCUT2D eigenvalue weighted by Crippen LogP contribution is -2.20. The van der Waals surface area contributed by atoms with Gasteiger partial charge in [0.2, 0.25) is 0 Å². The van der Waals surface area contributed by atoms with Gasteiger partial charge in [-0.1, -0.05) is 49.0 Å². The molecule has 4 rings (SSSR count). The van der Waals surface area contributed by atoms with Crippen molar-refractivity contribution in [3.63, 3.8) is 0 Å². The molecule has 2 heterocycles. The third-order valence-electron chi connectivity index (χ3n) is 4.75. The van der Waals surface area contributed by atoms with E-state index in [1.165, 1.54) is 28.3 Å². The normalized spacial score (nSPS) is 12.5. The van der Waals surface area contributed by atoms with Crippen molar-refractivity contribution >= 4 is 28.3 Å². The molecule has 4 aromatic rings. The number of ether oxygens (including phenoxy) is 1. The van der Waals surface area contributed by atoms with Crippen LogP contribution in [-0.4, -0.2) is 38.2 Å². The van der Waals surface area contributed by atoms with Gasteiger partial charge in [-0.05, 0) is 48.7 Å². The maximum Gasteiger partial charge on any atom is 0.196 e. The Hall–Kier alpha value is -2.57. The molecular formula is C22H23N3O2S. The number of hydrogen-bond donors (Lipinski definition) is 1. The van der Waals surface area contributed by atoms with Crippen molar-refractivity contribution in [3.8, 4) is 5.75 Å². The number of aryl methyl sites for hydroxylation is 2. The van der Waals surface area contributed by atoms with Gasteiger partial charge in [0.25, 0.3) is 0 Å². The first-order valence-corrected chi connectivity index (χ1v) is 10.4. The number of para-hydroxylation sites is 1. The van der Waals surface area contributed by atoms with Crippen molar-refractivity contribution < 1.29 is 9.84 Å². The lowest BCUT2D eigenvalue weighted by atomic mass is 10.1. The summed E-state index contributed by atoms with van der Waals surface area (Å²) in [4.78, 5) is 0. The average Bonchev–Trinajstić information content (AvgIpc) is 3.14. The van der Waals surface area contributed by atoms with Crippen LogP contribution in [0.1, 0.15) is 18.1 Å². The summed E-state index contributed by atoms with van der Waals surface area (Å²) in [6.45, 7) is 4.45. The molecule has 6 heteroatoms. The van der Waals surface area contributed by atoms with Crippen LogP contribution in [0.2, 0.25) is 0 Å². The first-order chi connectivity index (χ1) is 13.7. The largest absolute Gasteiger partial charge is 0.491 e. The van der Waals surface area contributed by atoms with Gasteiger partial charge < -0.3 is 9.84 Å². The summed E-state index contributed by atoms with van der Waals surface area (Å²) < 4.78 is 7.75. The van der Waals surface area contributed by atoms with Gasteiger partial charge in [-0.25, -0.2) is 0 Å². The van der Waals surface area contributed by atoms with E-state index in [1.54, 1.807) is 0 Å². The molecule has 0 aliphatic heterocycles. The molecule has 0 saturated heterocycles. The van der Waals surface area contributed by atoms with E-state index in [1.807, 2.05) is 46.9 Å². The van der Waals surface area contributed by atoms with Gasteiger partial charge in [-0.15, -0.1) is 10.2 Å². The summed E-state index contributed by atoms with van der Waals surface area (Å²) in [5.41, 5.74) is 4.34. The van der Waals surface area contributed by atoms with Crippen molar-refractivity contribution in [2.24, 2.45) is 0 Å². The smallest absolute Gasteiger partial charge is 0.196 e. The number of aromatic nitrogens is 3. The number of aliphatic hydroxyl groups is 1. The Morgan fingerprint density at radius 1 is 1.11 bits per heavy atom. The number of rotatable bonds is 7. The summed E-state index contributed by atoms with van der Waals surface area (Å²) in [5.74, 6) is 1.26. The fraction of sp³-hybridized carbons (Fsp3) is 0.273. The van der Waals surface area contributed by atoms with Gasteiger partial charge in [0.1, 0.15) is 12.4 Å². The van der Waals surface area contributed by atoms with E-state index in [-0.39, 0.29) is 6.61 Å². The molecule has 0 fully saturated rings. The van der Waals surface area contributed by atoms with Crippen LogP contribution in [0.3, 0.4) is 0 Å². The third kappa shape index (κ3) is 3.84.